The zero-order valence-corrected chi connectivity index (χ0v) is 15.0. The lowest BCUT2D eigenvalue weighted by molar-refractivity contribution is -0.117. The summed E-state index contributed by atoms with van der Waals surface area (Å²) in [4.78, 5) is 22.0. The zero-order chi connectivity index (χ0) is 18.5. The molecule has 3 aromatic rings. The lowest BCUT2D eigenvalue weighted by Crippen LogP contribution is -2.20. The monoisotopic (exact) mass is 350 g/mol. The third kappa shape index (κ3) is 4.52. The highest BCUT2D eigenvalue weighted by molar-refractivity contribution is 5.75. The van der Waals surface area contributed by atoms with Crippen LogP contribution in [-0.4, -0.2) is 37.6 Å². The smallest absolute Gasteiger partial charge is 0.225 e. The molecule has 0 atom stereocenters. The molecule has 0 fully saturated rings. The number of carbonyl (C=O) groups excluding carboxylic acids is 1. The van der Waals surface area contributed by atoms with Crippen molar-refractivity contribution >= 4 is 5.91 Å². The van der Waals surface area contributed by atoms with Gasteiger partial charge in [-0.25, -0.2) is 9.67 Å². The van der Waals surface area contributed by atoms with E-state index in [0.29, 0.717) is 12.4 Å². The van der Waals surface area contributed by atoms with Crippen molar-refractivity contribution in [1.82, 2.24) is 24.6 Å². The Kier molecular flexibility index (Phi) is 5.38. The van der Waals surface area contributed by atoms with Crippen LogP contribution in [0.3, 0.4) is 0 Å². The van der Waals surface area contributed by atoms with Crippen LogP contribution in [0.15, 0.2) is 48.8 Å². The Morgan fingerprint density at radius 1 is 1.19 bits per heavy atom. The van der Waals surface area contributed by atoms with E-state index < -0.39 is 5.91 Å². The van der Waals surface area contributed by atoms with Crippen LogP contribution in [0.1, 0.15) is 22.8 Å². The highest BCUT2D eigenvalue weighted by Gasteiger charge is 2.15. The minimum absolute atomic E-state index is 0.0158. The second-order valence-electron chi connectivity index (χ2n) is 6.37. The van der Waals surface area contributed by atoms with E-state index in [1.54, 1.807) is 17.1 Å². The van der Waals surface area contributed by atoms with Gasteiger partial charge in [0, 0.05) is 12.7 Å². The highest BCUT2D eigenvalue weighted by atomic mass is 16.1. The molecule has 1 amide bonds. The lowest BCUT2D eigenvalue weighted by Gasteiger charge is -2.16. The van der Waals surface area contributed by atoms with Gasteiger partial charge in [-0.1, -0.05) is 29.8 Å². The summed E-state index contributed by atoms with van der Waals surface area (Å²) in [5.74, 6) is 0.705. The predicted molar refractivity (Wildman–Crippen MR) is 98.4 cm³/mol. The standard InChI is InChI=1S/C19H22N6O/c1-14-5-7-15(8-6-14)12-24(2)13-19-22-18(10-17(20)26)23-25(19)16-4-3-9-21-11-16/h3-9,11H,10,12-13H2,1-2H3,(H2,20,26). The molecule has 0 aliphatic carbocycles. The number of nitrogens with two attached hydrogens (primary N) is 1. The van der Waals surface area contributed by atoms with Crippen molar-refractivity contribution in [2.24, 2.45) is 5.73 Å². The maximum atomic E-state index is 11.2. The van der Waals surface area contributed by atoms with E-state index in [1.807, 2.05) is 19.2 Å². The predicted octanol–water partition coefficient (Wildman–Crippen LogP) is 1.63. The quantitative estimate of drug-likeness (QED) is 0.699. The molecule has 2 heterocycles. The zero-order valence-electron chi connectivity index (χ0n) is 15.0. The lowest BCUT2D eigenvalue weighted by atomic mass is 10.1. The molecule has 1 aromatic carbocycles. The van der Waals surface area contributed by atoms with Gasteiger partial charge in [-0.15, -0.1) is 0 Å². The van der Waals surface area contributed by atoms with Crippen LogP contribution in [-0.2, 0) is 24.3 Å². The minimum atomic E-state index is -0.451. The van der Waals surface area contributed by atoms with E-state index >= 15 is 0 Å². The van der Waals surface area contributed by atoms with Gasteiger partial charge >= 0.3 is 0 Å². The number of hydrogen-bond donors (Lipinski definition) is 1. The molecule has 3 rings (SSSR count). The van der Waals surface area contributed by atoms with Gasteiger partial charge < -0.3 is 5.73 Å². The SMILES string of the molecule is Cc1ccc(CN(C)Cc2nc(CC(N)=O)nn2-c2cccnc2)cc1. The molecule has 0 spiro atoms. The van der Waals surface area contributed by atoms with Crippen LogP contribution in [0.4, 0.5) is 0 Å². The Hall–Kier alpha value is -3.06. The van der Waals surface area contributed by atoms with Gasteiger partial charge in [0.1, 0.15) is 5.82 Å². The van der Waals surface area contributed by atoms with Crippen molar-refractivity contribution < 1.29 is 4.79 Å². The first-order valence-corrected chi connectivity index (χ1v) is 8.39. The summed E-state index contributed by atoms with van der Waals surface area (Å²) in [5.41, 5.74) is 8.55. The average Bonchev–Trinajstić information content (AvgIpc) is 2.99. The van der Waals surface area contributed by atoms with Crippen LogP contribution in [0.5, 0.6) is 0 Å². The Morgan fingerprint density at radius 2 is 1.96 bits per heavy atom. The molecule has 26 heavy (non-hydrogen) atoms. The van der Waals surface area contributed by atoms with Gasteiger partial charge in [0.05, 0.1) is 24.8 Å². The molecular weight excluding hydrogens is 328 g/mol. The number of hydrogen-bond acceptors (Lipinski definition) is 5. The normalized spacial score (nSPS) is 11.0. The fourth-order valence-corrected chi connectivity index (χ4v) is 2.71. The number of carbonyl (C=O) groups is 1. The molecule has 0 unspecified atom stereocenters. The fourth-order valence-electron chi connectivity index (χ4n) is 2.71. The number of pyridine rings is 1. The summed E-state index contributed by atoms with van der Waals surface area (Å²) in [6.45, 7) is 3.43. The van der Waals surface area contributed by atoms with Gasteiger partial charge in [0.25, 0.3) is 0 Å². The van der Waals surface area contributed by atoms with Crippen LogP contribution in [0.2, 0.25) is 0 Å². The Labute approximate surface area is 152 Å². The summed E-state index contributed by atoms with van der Waals surface area (Å²) < 4.78 is 1.72. The van der Waals surface area contributed by atoms with Gasteiger partial charge in [-0.3, -0.25) is 14.7 Å². The summed E-state index contributed by atoms with van der Waals surface area (Å²) in [5, 5.41) is 4.43. The molecule has 0 aliphatic rings. The van der Waals surface area contributed by atoms with E-state index in [9.17, 15) is 4.79 Å². The van der Waals surface area contributed by atoms with Crippen molar-refractivity contribution in [2.45, 2.75) is 26.4 Å². The topological polar surface area (TPSA) is 89.9 Å². The first-order valence-electron chi connectivity index (χ1n) is 8.39. The maximum Gasteiger partial charge on any atom is 0.225 e. The molecule has 7 nitrogen and oxygen atoms in total. The highest BCUT2D eigenvalue weighted by Crippen LogP contribution is 2.13. The third-order valence-corrected chi connectivity index (χ3v) is 3.93. The number of amides is 1. The van der Waals surface area contributed by atoms with E-state index in [2.05, 4.69) is 51.2 Å². The second-order valence-corrected chi connectivity index (χ2v) is 6.37. The Morgan fingerprint density at radius 3 is 2.62 bits per heavy atom. The maximum absolute atomic E-state index is 11.2. The number of aromatic nitrogens is 4. The van der Waals surface area contributed by atoms with Gasteiger partial charge in [-0.2, -0.15) is 5.10 Å². The number of rotatable bonds is 7. The summed E-state index contributed by atoms with van der Waals surface area (Å²) in [6, 6.07) is 12.2. The molecule has 0 aliphatic heterocycles. The first-order chi connectivity index (χ1) is 12.5. The number of primary amides is 1. The number of nitrogens with zero attached hydrogens (tertiary/aromatic N) is 5. The second kappa shape index (κ2) is 7.88. The molecule has 0 radical (unpaired) electrons. The van der Waals surface area contributed by atoms with Crippen LogP contribution in [0, 0.1) is 6.92 Å². The van der Waals surface area contributed by atoms with Crippen molar-refractivity contribution in [1.29, 1.82) is 0 Å². The van der Waals surface area contributed by atoms with Gasteiger partial charge in [0.15, 0.2) is 5.82 Å². The van der Waals surface area contributed by atoms with E-state index in [1.165, 1.54) is 11.1 Å². The third-order valence-electron chi connectivity index (χ3n) is 3.93. The van der Waals surface area contributed by atoms with Crippen molar-refractivity contribution in [3.05, 3.63) is 71.6 Å². The first kappa shape index (κ1) is 17.8. The van der Waals surface area contributed by atoms with Gasteiger partial charge in [-0.05, 0) is 31.7 Å². The van der Waals surface area contributed by atoms with E-state index in [4.69, 9.17) is 5.73 Å². The van der Waals surface area contributed by atoms with E-state index in [0.717, 1.165) is 18.1 Å². The summed E-state index contributed by atoms with van der Waals surface area (Å²) >= 11 is 0. The van der Waals surface area contributed by atoms with Crippen molar-refractivity contribution in [2.75, 3.05) is 7.05 Å². The van der Waals surface area contributed by atoms with Crippen LogP contribution >= 0.6 is 0 Å². The largest absolute Gasteiger partial charge is 0.369 e. The molecule has 0 bridgehead atoms. The van der Waals surface area contributed by atoms with E-state index in [-0.39, 0.29) is 6.42 Å². The fraction of sp³-hybridized carbons (Fsp3) is 0.263. The number of aryl methyl sites for hydroxylation is 1. The number of benzene rings is 1. The van der Waals surface area contributed by atoms with Crippen LogP contribution < -0.4 is 5.73 Å². The molecule has 134 valence electrons. The van der Waals surface area contributed by atoms with Gasteiger partial charge in [0.2, 0.25) is 5.91 Å². The van der Waals surface area contributed by atoms with Crippen LogP contribution in [0.25, 0.3) is 5.69 Å². The molecular formula is C19H22N6O. The molecule has 0 saturated carbocycles. The van der Waals surface area contributed by atoms with Crippen molar-refractivity contribution in [3.8, 4) is 5.69 Å². The summed E-state index contributed by atoms with van der Waals surface area (Å²) in [6.07, 6.45) is 3.43. The minimum Gasteiger partial charge on any atom is -0.369 e. The Bertz CT molecular complexity index is 873. The molecule has 7 heteroatoms. The Balaban J connectivity index is 1.81. The molecule has 2 aromatic heterocycles. The average molecular weight is 350 g/mol. The summed E-state index contributed by atoms with van der Waals surface area (Å²) in [7, 11) is 2.02. The molecule has 2 N–H and O–H groups in total. The molecule has 0 saturated heterocycles. The van der Waals surface area contributed by atoms with Crippen molar-refractivity contribution in [3.63, 3.8) is 0 Å².